The maximum Gasteiger partial charge on any atom is 0.222 e. The molecule has 5 heteroatoms. The number of rotatable bonds is 3. The van der Waals surface area contributed by atoms with Crippen molar-refractivity contribution in [1.29, 1.82) is 0 Å². The fourth-order valence-electron chi connectivity index (χ4n) is 1.33. The molecule has 1 aromatic heterocycles. The van der Waals surface area contributed by atoms with E-state index < -0.39 is 0 Å². The molecule has 0 radical (unpaired) electrons. The van der Waals surface area contributed by atoms with Gasteiger partial charge in [0.1, 0.15) is 5.75 Å². The number of benzene rings is 1. The van der Waals surface area contributed by atoms with Gasteiger partial charge in [-0.3, -0.25) is 0 Å². The van der Waals surface area contributed by atoms with E-state index in [0.29, 0.717) is 17.0 Å². The Kier molecular flexibility index (Phi) is 3.58. The molecule has 0 aliphatic rings. The van der Waals surface area contributed by atoms with E-state index >= 15 is 0 Å². The van der Waals surface area contributed by atoms with Gasteiger partial charge in [-0.05, 0) is 46.1 Å². The number of aromatic nitrogens is 2. The predicted octanol–water partition coefficient (Wildman–Crippen LogP) is 2.87. The topological polar surface area (TPSA) is 58.0 Å². The number of nitrogens with zero attached hydrogens (tertiary/aromatic N) is 2. The molecule has 1 heterocycles. The second-order valence-corrected chi connectivity index (χ2v) is 4.58. The lowest BCUT2D eigenvalue weighted by molar-refractivity contribution is 0.471. The Labute approximate surface area is 108 Å². The monoisotopic (exact) mass is 293 g/mol. The number of phenolic OH excluding ortho intramolecular Hbond substituents is 1. The second kappa shape index (κ2) is 5.14. The molecule has 1 aromatic carbocycles. The van der Waals surface area contributed by atoms with Crippen LogP contribution in [0.2, 0.25) is 0 Å². The lowest BCUT2D eigenvalue weighted by Crippen LogP contribution is -2.03. The van der Waals surface area contributed by atoms with Gasteiger partial charge in [-0.1, -0.05) is 6.07 Å². The quantitative estimate of drug-likeness (QED) is 0.914. The highest BCUT2D eigenvalue weighted by Crippen LogP contribution is 2.24. The molecule has 0 fully saturated rings. The van der Waals surface area contributed by atoms with Gasteiger partial charge in [0.05, 0.1) is 4.47 Å². The highest BCUT2D eigenvalue weighted by molar-refractivity contribution is 9.10. The second-order valence-electron chi connectivity index (χ2n) is 3.72. The van der Waals surface area contributed by atoms with Crippen LogP contribution in [0, 0.1) is 6.92 Å². The Bertz CT molecular complexity index is 514. The van der Waals surface area contributed by atoms with Crippen molar-refractivity contribution in [3.8, 4) is 5.75 Å². The normalized spacial score (nSPS) is 10.2. The van der Waals surface area contributed by atoms with Crippen molar-refractivity contribution >= 4 is 21.9 Å². The molecule has 0 aliphatic carbocycles. The molecule has 0 saturated heterocycles. The number of phenols is 1. The number of aryl methyl sites for hydroxylation is 1. The lowest BCUT2D eigenvalue weighted by atomic mass is 10.2. The van der Waals surface area contributed by atoms with E-state index in [1.165, 1.54) is 0 Å². The molecule has 0 atom stereocenters. The molecule has 0 bridgehead atoms. The first-order valence-electron chi connectivity index (χ1n) is 5.15. The van der Waals surface area contributed by atoms with Crippen LogP contribution in [0.15, 0.2) is 35.1 Å². The Morgan fingerprint density at radius 1 is 1.29 bits per heavy atom. The van der Waals surface area contributed by atoms with Gasteiger partial charge in [0, 0.05) is 18.9 Å². The zero-order chi connectivity index (χ0) is 12.3. The van der Waals surface area contributed by atoms with Gasteiger partial charge >= 0.3 is 0 Å². The Hall–Kier alpha value is -1.62. The first-order chi connectivity index (χ1) is 8.15. The van der Waals surface area contributed by atoms with E-state index in [-0.39, 0.29) is 5.75 Å². The van der Waals surface area contributed by atoms with Gasteiger partial charge in [0.2, 0.25) is 5.95 Å². The molecule has 4 nitrogen and oxygen atoms in total. The molecular formula is C12H12BrN3O. The average Bonchev–Trinajstić information content (AvgIpc) is 2.33. The first-order valence-corrected chi connectivity index (χ1v) is 5.94. The molecule has 88 valence electrons. The van der Waals surface area contributed by atoms with Crippen LogP contribution in [0.25, 0.3) is 0 Å². The van der Waals surface area contributed by atoms with Crippen molar-refractivity contribution in [3.05, 3.63) is 46.2 Å². The molecule has 17 heavy (non-hydrogen) atoms. The number of aromatic hydroxyl groups is 1. The van der Waals surface area contributed by atoms with Crippen molar-refractivity contribution in [3.63, 3.8) is 0 Å². The highest BCUT2D eigenvalue weighted by Gasteiger charge is 2.00. The van der Waals surface area contributed by atoms with Crippen molar-refractivity contribution in [2.45, 2.75) is 13.5 Å². The van der Waals surface area contributed by atoms with Crippen LogP contribution < -0.4 is 5.32 Å². The van der Waals surface area contributed by atoms with Crippen molar-refractivity contribution in [2.24, 2.45) is 0 Å². The molecule has 0 saturated carbocycles. The summed E-state index contributed by atoms with van der Waals surface area (Å²) >= 11 is 3.27. The zero-order valence-electron chi connectivity index (χ0n) is 9.31. The van der Waals surface area contributed by atoms with E-state index in [2.05, 4.69) is 31.2 Å². The summed E-state index contributed by atoms with van der Waals surface area (Å²) in [4.78, 5) is 8.30. The van der Waals surface area contributed by atoms with Crippen LogP contribution in [0.4, 0.5) is 5.95 Å². The summed E-state index contributed by atoms with van der Waals surface area (Å²) in [6.45, 7) is 2.56. The van der Waals surface area contributed by atoms with E-state index in [1.54, 1.807) is 18.5 Å². The number of nitrogens with one attached hydrogen (secondary N) is 1. The maximum absolute atomic E-state index is 9.37. The molecule has 2 rings (SSSR count). The third-order valence-corrected chi connectivity index (χ3v) is 2.88. The van der Waals surface area contributed by atoms with E-state index in [4.69, 9.17) is 0 Å². The summed E-state index contributed by atoms with van der Waals surface area (Å²) in [6, 6.07) is 5.36. The lowest BCUT2D eigenvalue weighted by Gasteiger charge is -2.06. The maximum atomic E-state index is 9.37. The molecule has 0 spiro atoms. The van der Waals surface area contributed by atoms with Crippen LogP contribution in [-0.2, 0) is 6.54 Å². The van der Waals surface area contributed by atoms with E-state index in [0.717, 1.165) is 11.1 Å². The van der Waals surface area contributed by atoms with Crippen molar-refractivity contribution in [1.82, 2.24) is 9.97 Å². The molecule has 0 unspecified atom stereocenters. The first kappa shape index (κ1) is 11.9. The Balaban J connectivity index is 2.02. The minimum atomic E-state index is 0.236. The van der Waals surface area contributed by atoms with Crippen LogP contribution in [0.1, 0.15) is 11.1 Å². The van der Waals surface area contributed by atoms with Gasteiger partial charge < -0.3 is 10.4 Å². The summed E-state index contributed by atoms with van der Waals surface area (Å²) < 4.78 is 0.682. The molecule has 0 amide bonds. The van der Waals surface area contributed by atoms with Crippen LogP contribution in [0.5, 0.6) is 5.75 Å². The summed E-state index contributed by atoms with van der Waals surface area (Å²) in [7, 11) is 0. The molecule has 2 N–H and O–H groups in total. The third kappa shape index (κ3) is 3.17. The van der Waals surface area contributed by atoms with E-state index in [1.807, 2.05) is 19.1 Å². The van der Waals surface area contributed by atoms with Crippen LogP contribution >= 0.6 is 15.9 Å². The Morgan fingerprint density at radius 3 is 2.65 bits per heavy atom. The molecule has 0 aliphatic heterocycles. The minimum absolute atomic E-state index is 0.236. The number of halogens is 1. The summed E-state index contributed by atoms with van der Waals surface area (Å²) in [6.07, 6.45) is 3.53. The van der Waals surface area contributed by atoms with Gasteiger partial charge in [-0.15, -0.1) is 0 Å². The van der Waals surface area contributed by atoms with Crippen LogP contribution in [0.3, 0.4) is 0 Å². The number of hydrogen-bond donors (Lipinski definition) is 2. The van der Waals surface area contributed by atoms with Crippen molar-refractivity contribution < 1.29 is 5.11 Å². The summed E-state index contributed by atoms with van der Waals surface area (Å²) in [5, 5.41) is 12.5. The third-order valence-electron chi connectivity index (χ3n) is 2.24. The largest absolute Gasteiger partial charge is 0.507 e. The van der Waals surface area contributed by atoms with Crippen LogP contribution in [-0.4, -0.2) is 15.1 Å². The SMILES string of the molecule is Cc1cnc(NCc2ccc(O)c(Br)c2)nc1. The highest BCUT2D eigenvalue weighted by atomic mass is 79.9. The van der Waals surface area contributed by atoms with Gasteiger partial charge in [-0.2, -0.15) is 0 Å². The zero-order valence-corrected chi connectivity index (χ0v) is 10.9. The molecular weight excluding hydrogens is 282 g/mol. The van der Waals surface area contributed by atoms with E-state index in [9.17, 15) is 5.11 Å². The standard InChI is InChI=1S/C12H12BrN3O/c1-8-5-14-12(15-6-8)16-7-9-2-3-11(17)10(13)4-9/h2-6,17H,7H2,1H3,(H,14,15,16). The van der Waals surface area contributed by atoms with Gasteiger partial charge in [0.15, 0.2) is 0 Å². The van der Waals surface area contributed by atoms with Gasteiger partial charge in [-0.25, -0.2) is 9.97 Å². The Morgan fingerprint density at radius 2 is 2.00 bits per heavy atom. The fraction of sp³-hybridized carbons (Fsp3) is 0.167. The van der Waals surface area contributed by atoms with Gasteiger partial charge in [0.25, 0.3) is 0 Å². The average molecular weight is 294 g/mol. The minimum Gasteiger partial charge on any atom is -0.507 e. The summed E-state index contributed by atoms with van der Waals surface area (Å²) in [5.41, 5.74) is 2.07. The number of anilines is 1. The molecule has 2 aromatic rings. The summed E-state index contributed by atoms with van der Waals surface area (Å²) in [5.74, 6) is 0.833. The fourth-order valence-corrected chi connectivity index (χ4v) is 1.75. The smallest absolute Gasteiger partial charge is 0.222 e. The number of hydrogen-bond acceptors (Lipinski definition) is 4. The van der Waals surface area contributed by atoms with Crippen molar-refractivity contribution in [2.75, 3.05) is 5.32 Å². The predicted molar refractivity (Wildman–Crippen MR) is 69.9 cm³/mol.